The summed E-state index contributed by atoms with van der Waals surface area (Å²) in [7, 11) is 5.35. The van der Waals surface area contributed by atoms with Crippen LogP contribution >= 0.6 is 24.0 Å². The van der Waals surface area contributed by atoms with Crippen LogP contribution in [0.15, 0.2) is 4.99 Å². The topological polar surface area (TPSA) is 56.7 Å². The zero-order valence-electron chi connectivity index (χ0n) is 15.4. The van der Waals surface area contributed by atoms with Crippen molar-refractivity contribution >= 4 is 35.8 Å². The highest BCUT2D eigenvalue weighted by molar-refractivity contribution is 14.0. The molecule has 136 valence electrons. The minimum Gasteiger partial charge on any atom is -0.356 e. The molecule has 0 bridgehead atoms. The van der Waals surface area contributed by atoms with Crippen molar-refractivity contribution in [3.8, 4) is 0 Å². The van der Waals surface area contributed by atoms with Crippen molar-refractivity contribution in [3.63, 3.8) is 0 Å². The summed E-state index contributed by atoms with van der Waals surface area (Å²) in [5.41, 5.74) is 0.422. The number of amides is 1. The smallest absolute Gasteiger partial charge is 0.223 e. The van der Waals surface area contributed by atoms with Crippen LogP contribution in [-0.4, -0.2) is 51.0 Å². The van der Waals surface area contributed by atoms with Gasteiger partial charge in [-0.3, -0.25) is 9.79 Å². The summed E-state index contributed by atoms with van der Waals surface area (Å²) in [6.45, 7) is 6.21. The summed E-state index contributed by atoms with van der Waals surface area (Å²) in [6.07, 6.45) is 7.08. The predicted octanol–water partition coefficient (Wildman–Crippen LogP) is 2.85. The second-order valence-electron chi connectivity index (χ2n) is 7.20. The molecule has 0 radical (unpaired) electrons. The first-order chi connectivity index (χ1) is 10.4. The molecule has 23 heavy (non-hydrogen) atoms. The Morgan fingerprint density at radius 2 is 1.83 bits per heavy atom. The van der Waals surface area contributed by atoms with Crippen molar-refractivity contribution in [2.45, 2.75) is 52.4 Å². The quantitative estimate of drug-likeness (QED) is 0.365. The number of hydrogen-bond donors (Lipinski definition) is 2. The maximum Gasteiger partial charge on any atom is 0.223 e. The zero-order valence-corrected chi connectivity index (χ0v) is 17.8. The lowest BCUT2D eigenvalue weighted by Gasteiger charge is -2.32. The minimum atomic E-state index is 0. The van der Waals surface area contributed by atoms with Crippen molar-refractivity contribution in [2.24, 2.45) is 16.3 Å². The van der Waals surface area contributed by atoms with Gasteiger partial charge in [0.15, 0.2) is 5.96 Å². The number of guanidine groups is 1. The third-order valence-electron chi connectivity index (χ3n) is 4.49. The maximum absolute atomic E-state index is 11.6. The molecule has 0 aromatic heterocycles. The molecule has 0 aliphatic heterocycles. The molecule has 1 saturated carbocycles. The molecule has 5 nitrogen and oxygen atoms in total. The number of aliphatic imine (C=N–C) groups is 1. The van der Waals surface area contributed by atoms with E-state index in [9.17, 15) is 4.79 Å². The molecule has 0 spiro atoms. The average Bonchev–Trinajstić information content (AvgIpc) is 2.90. The second-order valence-corrected chi connectivity index (χ2v) is 7.20. The molecule has 0 saturated heterocycles. The first kappa shape index (κ1) is 22.5. The predicted molar refractivity (Wildman–Crippen MR) is 108 cm³/mol. The molecule has 0 aromatic rings. The van der Waals surface area contributed by atoms with Gasteiger partial charge in [0.25, 0.3) is 0 Å². The van der Waals surface area contributed by atoms with Crippen molar-refractivity contribution in [1.29, 1.82) is 0 Å². The molecule has 0 heterocycles. The summed E-state index contributed by atoms with van der Waals surface area (Å²) >= 11 is 0. The van der Waals surface area contributed by atoms with Crippen molar-refractivity contribution < 1.29 is 4.79 Å². The normalized spacial score (nSPS) is 16.9. The highest BCUT2D eigenvalue weighted by Gasteiger charge is 2.34. The molecule has 0 unspecified atom stereocenters. The molecule has 1 aliphatic rings. The van der Waals surface area contributed by atoms with Gasteiger partial charge in [0.2, 0.25) is 5.91 Å². The van der Waals surface area contributed by atoms with Crippen LogP contribution in [-0.2, 0) is 4.79 Å². The highest BCUT2D eigenvalue weighted by atomic mass is 127. The van der Waals surface area contributed by atoms with Gasteiger partial charge < -0.3 is 15.5 Å². The van der Waals surface area contributed by atoms with Crippen molar-refractivity contribution in [3.05, 3.63) is 0 Å². The van der Waals surface area contributed by atoms with Gasteiger partial charge in [-0.25, -0.2) is 0 Å². The lowest BCUT2D eigenvalue weighted by atomic mass is 9.78. The van der Waals surface area contributed by atoms with Gasteiger partial charge in [-0.1, -0.05) is 26.7 Å². The molecule has 0 atom stereocenters. The van der Waals surface area contributed by atoms with Crippen LogP contribution in [0, 0.1) is 11.3 Å². The Morgan fingerprint density at radius 1 is 1.22 bits per heavy atom. The molecule has 1 amide bonds. The van der Waals surface area contributed by atoms with Gasteiger partial charge in [-0.05, 0) is 30.6 Å². The number of carbonyl (C=O) groups excluding carboxylic acids is 1. The van der Waals surface area contributed by atoms with E-state index >= 15 is 0 Å². The fourth-order valence-corrected chi connectivity index (χ4v) is 3.45. The summed E-state index contributed by atoms with van der Waals surface area (Å²) in [5, 5.41) is 6.72. The van der Waals surface area contributed by atoms with E-state index in [0.717, 1.165) is 18.4 Å². The van der Waals surface area contributed by atoms with Crippen LogP contribution in [0.5, 0.6) is 0 Å². The number of rotatable bonds is 7. The molecule has 6 heteroatoms. The summed E-state index contributed by atoms with van der Waals surface area (Å²) in [5.74, 6) is 1.67. The Balaban J connectivity index is 0.00000484. The van der Waals surface area contributed by atoms with E-state index in [1.54, 1.807) is 26.0 Å². The average molecular weight is 438 g/mol. The number of nitrogens with zero attached hydrogens (tertiary/aromatic N) is 2. The highest BCUT2D eigenvalue weighted by Crippen LogP contribution is 2.42. The van der Waals surface area contributed by atoms with E-state index in [2.05, 4.69) is 29.5 Å². The van der Waals surface area contributed by atoms with Crippen LogP contribution in [0.3, 0.4) is 0 Å². The van der Waals surface area contributed by atoms with Gasteiger partial charge in [-0.2, -0.15) is 0 Å². The van der Waals surface area contributed by atoms with Crippen LogP contribution < -0.4 is 10.6 Å². The molecule has 1 rings (SSSR count). The third kappa shape index (κ3) is 8.22. The van der Waals surface area contributed by atoms with E-state index in [-0.39, 0.29) is 29.9 Å². The lowest BCUT2D eigenvalue weighted by molar-refractivity contribution is -0.128. The van der Waals surface area contributed by atoms with E-state index in [1.807, 2.05) is 0 Å². The standard InChI is InChI=1S/C17H34N4O.HI/c1-14(2)12-17(9-6-7-10-17)13-20-16(18-3)19-11-8-15(22)21(4)5;/h14H,6-13H2,1-5H3,(H2,18,19,20);1H. The van der Waals surface area contributed by atoms with E-state index in [0.29, 0.717) is 18.4 Å². The van der Waals surface area contributed by atoms with Crippen LogP contribution in [0.4, 0.5) is 0 Å². The summed E-state index contributed by atoms with van der Waals surface area (Å²) in [4.78, 5) is 17.5. The minimum absolute atomic E-state index is 0. The largest absolute Gasteiger partial charge is 0.356 e. The van der Waals surface area contributed by atoms with Crippen LogP contribution in [0.25, 0.3) is 0 Å². The molecule has 0 aromatic carbocycles. The SMILES string of the molecule is CN=C(NCCC(=O)N(C)C)NCC1(CC(C)C)CCCC1.I. The Hall–Kier alpha value is -0.530. The molecule has 1 fully saturated rings. The Kier molecular flexibility index (Phi) is 10.8. The van der Waals surface area contributed by atoms with Gasteiger partial charge in [0.1, 0.15) is 0 Å². The number of carbonyl (C=O) groups is 1. The Labute approximate surface area is 159 Å². The lowest BCUT2D eigenvalue weighted by Crippen LogP contribution is -2.44. The second kappa shape index (κ2) is 11.1. The van der Waals surface area contributed by atoms with Gasteiger partial charge in [0, 0.05) is 40.7 Å². The fraction of sp³-hybridized carbons (Fsp3) is 0.882. The third-order valence-corrected chi connectivity index (χ3v) is 4.49. The molecule has 2 N–H and O–H groups in total. The van der Waals surface area contributed by atoms with Gasteiger partial charge >= 0.3 is 0 Å². The van der Waals surface area contributed by atoms with Crippen LogP contribution in [0.1, 0.15) is 52.4 Å². The van der Waals surface area contributed by atoms with Crippen LogP contribution in [0.2, 0.25) is 0 Å². The summed E-state index contributed by atoms with van der Waals surface area (Å²) in [6, 6.07) is 0. The van der Waals surface area contributed by atoms with Crippen molar-refractivity contribution in [1.82, 2.24) is 15.5 Å². The van der Waals surface area contributed by atoms with E-state index < -0.39 is 0 Å². The summed E-state index contributed by atoms with van der Waals surface area (Å²) < 4.78 is 0. The number of hydrogen-bond acceptors (Lipinski definition) is 2. The van der Waals surface area contributed by atoms with E-state index in [1.165, 1.54) is 32.1 Å². The Bertz CT molecular complexity index is 377. The number of nitrogens with one attached hydrogen (secondary N) is 2. The number of halogens is 1. The molecular formula is C17H35IN4O. The van der Waals surface area contributed by atoms with Gasteiger partial charge in [-0.15, -0.1) is 24.0 Å². The molecule has 1 aliphatic carbocycles. The fourth-order valence-electron chi connectivity index (χ4n) is 3.45. The van der Waals surface area contributed by atoms with Gasteiger partial charge in [0.05, 0.1) is 0 Å². The van der Waals surface area contributed by atoms with E-state index in [4.69, 9.17) is 0 Å². The first-order valence-corrected chi connectivity index (χ1v) is 8.53. The maximum atomic E-state index is 11.6. The Morgan fingerprint density at radius 3 is 2.30 bits per heavy atom. The zero-order chi connectivity index (χ0) is 16.6. The monoisotopic (exact) mass is 438 g/mol. The first-order valence-electron chi connectivity index (χ1n) is 8.53. The molecular weight excluding hydrogens is 403 g/mol. The van der Waals surface area contributed by atoms with Crippen molar-refractivity contribution in [2.75, 3.05) is 34.2 Å².